The van der Waals surface area contributed by atoms with E-state index in [1.54, 1.807) is 0 Å². The van der Waals surface area contributed by atoms with Gasteiger partial charge in [0.05, 0.1) is 12.7 Å². The van der Waals surface area contributed by atoms with Crippen LogP contribution in [0.25, 0.3) is 0 Å². The minimum atomic E-state index is -0.201. The molecule has 0 spiro atoms. The van der Waals surface area contributed by atoms with E-state index in [-0.39, 0.29) is 18.3 Å². The Morgan fingerprint density at radius 1 is 1.11 bits per heavy atom. The molecule has 3 atom stereocenters. The van der Waals surface area contributed by atoms with Crippen LogP contribution in [0.4, 0.5) is 0 Å². The van der Waals surface area contributed by atoms with Gasteiger partial charge in [0.2, 0.25) is 0 Å². The van der Waals surface area contributed by atoms with Gasteiger partial charge in [-0.1, -0.05) is 18.8 Å². The van der Waals surface area contributed by atoms with Crippen LogP contribution >= 0.6 is 0 Å². The zero-order valence-electron chi connectivity index (χ0n) is 11.8. The number of unbranched alkanes of at least 4 members (excludes halogenated alkanes) is 1. The van der Waals surface area contributed by atoms with Gasteiger partial charge in [0.1, 0.15) is 0 Å². The van der Waals surface area contributed by atoms with Crippen molar-refractivity contribution in [2.45, 2.75) is 70.2 Å². The van der Waals surface area contributed by atoms with Gasteiger partial charge in [0, 0.05) is 18.9 Å². The first-order valence-corrected chi connectivity index (χ1v) is 7.76. The number of aliphatic hydroxyl groups is 1. The third-order valence-corrected chi connectivity index (χ3v) is 3.90. The molecule has 1 aliphatic carbocycles. The summed E-state index contributed by atoms with van der Waals surface area (Å²) in [6.45, 7) is 1.57. The molecule has 0 radical (unpaired) electrons. The van der Waals surface area contributed by atoms with E-state index < -0.39 is 0 Å². The summed E-state index contributed by atoms with van der Waals surface area (Å²) >= 11 is 0. The Kier molecular flexibility index (Phi) is 6.70. The molecule has 2 aliphatic rings. The fraction of sp³-hybridized carbons (Fsp3) is 0.875. The molecule has 0 amide bonds. The molecule has 19 heavy (non-hydrogen) atoms. The van der Waals surface area contributed by atoms with E-state index in [1.165, 1.54) is 12.8 Å². The highest BCUT2D eigenvalue weighted by Crippen LogP contribution is 2.23. The average molecular weight is 266 g/mol. The highest BCUT2D eigenvalue weighted by molar-refractivity contribution is 5.06. The molecule has 3 unspecified atom stereocenters. The summed E-state index contributed by atoms with van der Waals surface area (Å²) in [5.41, 5.74) is 0. The van der Waals surface area contributed by atoms with Gasteiger partial charge in [-0.05, 0) is 38.5 Å². The molecule has 2 rings (SSSR count). The zero-order chi connectivity index (χ0) is 13.3. The molecule has 0 aromatic rings. The van der Waals surface area contributed by atoms with Crippen molar-refractivity contribution < 1.29 is 14.6 Å². The zero-order valence-corrected chi connectivity index (χ0v) is 11.8. The normalized spacial score (nSPS) is 31.5. The number of hydrogen-bond acceptors (Lipinski definition) is 3. The van der Waals surface area contributed by atoms with Crippen LogP contribution in [0, 0.1) is 17.8 Å². The van der Waals surface area contributed by atoms with Gasteiger partial charge < -0.3 is 14.6 Å². The van der Waals surface area contributed by atoms with Gasteiger partial charge in [-0.2, -0.15) is 0 Å². The first kappa shape index (κ1) is 14.8. The van der Waals surface area contributed by atoms with E-state index >= 15 is 0 Å². The number of ether oxygens (including phenoxy) is 2. The van der Waals surface area contributed by atoms with Gasteiger partial charge in [-0.15, -0.1) is 5.92 Å². The predicted octanol–water partition coefficient (Wildman–Crippen LogP) is 2.86. The molecule has 0 aromatic carbocycles. The third-order valence-electron chi connectivity index (χ3n) is 3.90. The van der Waals surface area contributed by atoms with E-state index in [1.807, 2.05) is 0 Å². The maximum atomic E-state index is 9.80. The van der Waals surface area contributed by atoms with Crippen molar-refractivity contribution in [3.63, 3.8) is 0 Å². The Labute approximate surface area is 116 Å². The Morgan fingerprint density at radius 2 is 1.95 bits per heavy atom. The number of hydrogen-bond donors (Lipinski definition) is 1. The van der Waals surface area contributed by atoms with E-state index in [0.717, 1.165) is 58.2 Å². The van der Waals surface area contributed by atoms with Crippen LogP contribution in [0.2, 0.25) is 0 Å². The van der Waals surface area contributed by atoms with E-state index in [2.05, 4.69) is 11.8 Å². The average Bonchev–Trinajstić information content (AvgIpc) is 2.45. The first-order chi connectivity index (χ1) is 9.36. The lowest BCUT2D eigenvalue weighted by atomic mass is 9.87. The summed E-state index contributed by atoms with van der Waals surface area (Å²) in [5.74, 6) is 6.62. The minimum absolute atomic E-state index is 0.0156. The van der Waals surface area contributed by atoms with Crippen LogP contribution in [-0.2, 0) is 9.47 Å². The topological polar surface area (TPSA) is 38.7 Å². The van der Waals surface area contributed by atoms with Crippen molar-refractivity contribution in [3.8, 4) is 11.8 Å². The standard InChI is InChI=1S/C16H26O3/c17-15-10-4-3-9-14(15)8-2-1-6-12-18-16-11-5-7-13-19-16/h14-17H,1,3-7,9-13H2. The number of aliphatic hydroxyl groups excluding tert-OH is 1. The van der Waals surface area contributed by atoms with Crippen LogP contribution in [0.5, 0.6) is 0 Å². The van der Waals surface area contributed by atoms with Crippen molar-refractivity contribution in [2.75, 3.05) is 13.2 Å². The second-order valence-electron chi connectivity index (χ2n) is 5.55. The summed E-state index contributed by atoms with van der Waals surface area (Å²) in [6, 6.07) is 0. The third kappa shape index (κ3) is 5.52. The van der Waals surface area contributed by atoms with Gasteiger partial charge >= 0.3 is 0 Å². The van der Waals surface area contributed by atoms with Gasteiger partial charge in [-0.25, -0.2) is 0 Å². The Balaban J connectivity index is 1.53. The van der Waals surface area contributed by atoms with Crippen LogP contribution in [-0.4, -0.2) is 30.7 Å². The number of rotatable bonds is 4. The molecule has 0 bridgehead atoms. The predicted molar refractivity (Wildman–Crippen MR) is 74.5 cm³/mol. The second-order valence-corrected chi connectivity index (χ2v) is 5.55. The quantitative estimate of drug-likeness (QED) is 0.628. The molecular weight excluding hydrogens is 240 g/mol. The van der Waals surface area contributed by atoms with Crippen molar-refractivity contribution >= 4 is 0 Å². The van der Waals surface area contributed by atoms with E-state index in [4.69, 9.17) is 9.47 Å². The highest BCUT2D eigenvalue weighted by atomic mass is 16.7. The summed E-state index contributed by atoms with van der Waals surface area (Å²) in [6.07, 6.45) is 9.36. The smallest absolute Gasteiger partial charge is 0.157 e. The summed E-state index contributed by atoms with van der Waals surface area (Å²) < 4.78 is 11.2. The SMILES string of the molecule is OC1CCCCC1C#CCCCOC1CCCCO1. The monoisotopic (exact) mass is 266 g/mol. The van der Waals surface area contributed by atoms with Gasteiger partial charge in [0.15, 0.2) is 6.29 Å². The lowest BCUT2D eigenvalue weighted by Crippen LogP contribution is -2.23. The van der Waals surface area contributed by atoms with Crippen LogP contribution in [0.1, 0.15) is 57.8 Å². The summed E-state index contributed by atoms with van der Waals surface area (Å²) in [5, 5.41) is 9.80. The molecule has 2 fully saturated rings. The van der Waals surface area contributed by atoms with Crippen LogP contribution in [0.3, 0.4) is 0 Å². The first-order valence-electron chi connectivity index (χ1n) is 7.76. The minimum Gasteiger partial charge on any atom is -0.392 e. The molecule has 1 saturated heterocycles. The maximum absolute atomic E-state index is 9.80. The Hall–Kier alpha value is -0.560. The van der Waals surface area contributed by atoms with Crippen molar-refractivity contribution in [2.24, 2.45) is 5.92 Å². The molecule has 108 valence electrons. The van der Waals surface area contributed by atoms with Crippen LogP contribution in [0.15, 0.2) is 0 Å². The van der Waals surface area contributed by atoms with Crippen LogP contribution < -0.4 is 0 Å². The molecule has 1 saturated carbocycles. The summed E-state index contributed by atoms with van der Waals surface area (Å²) in [4.78, 5) is 0. The maximum Gasteiger partial charge on any atom is 0.157 e. The lowest BCUT2D eigenvalue weighted by Gasteiger charge is -2.23. The van der Waals surface area contributed by atoms with Crippen molar-refractivity contribution in [1.82, 2.24) is 0 Å². The Bertz CT molecular complexity index is 299. The van der Waals surface area contributed by atoms with Gasteiger partial charge in [0.25, 0.3) is 0 Å². The van der Waals surface area contributed by atoms with Crippen molar-refractivity contribution in [1.29, 1.82) is 0 Å². The largest absolute Gasteiger partial charge is 0.392 e. The van der Waals surface area contributed by atoms with Crippen molar-refractivity contribution in [3.05, 3.63) is 0 Å². The van der Waals surface area contributed by atoms with Gasteiger partial charge in [-0.3, -0.25) is 0 Å². The molecule has 0 aromatic heterocycles. The van der Waals surface area contributed by atoms with E-state index in [0.29, 0.717) is 0 Å². The molecule has 1 aliphatic heterocycles. The molecule has 3 nitrogen and oxygen atoms in total. The Morgan fingerprint density at radius 3 is 2.74 bits per heavy atom. The lowest BCUT2D eigenvalue weighted by molar-refractivity contribution is -0.162. The fourth-order valence-electron chi connectivity index (χ4n) is 2.70. The summed E-state index contributed by atoms with van der Waals surface area (Å²) in [7, 11) is 0. The molecule has 1 heterocycles. The second kappa shape index (κ2) is 8.58. The molecule has 3 heteroatoms. The van der Waals surface area contributed by atoms with E-state index in [9.17, 15) is 5.11 Å². The fourth-order valence-corrected chi connectivity index (χ4v) is 2.70. The molecule has 1 N–H and O–H groups in total. The highest BCUT2D eigenvalue weighted by Gasteiger charge is 2.20. The molecular formula is C16H26O3.